The molecule has 2 aliphatic rings. The minimum Gasteiger partial charge on any atom is -0.497 e. The van der Waals surface area contributed by atoms with Crippen LogP contribution in [0.25, 0.3) is 0 Å². The summed E-state index contributed by atoms with van der Waals surface area (Å²) in [6.45, 7) is 4.70. The smallest absolute Gasteiger partial charge is 0.340 e. The number of para-hydroxylation sites is 1. The van der Waals surface area contributed by atoms with Crippen molar-refractivity contribution in [2.45, 2.75) is 56.5 Å². The molecule has 2 saturated heterocycles. The van der Waals surface area contributed by atoms with Crippen LogP contribution in [-0.4, -0.2) is 82.3 Å². The maximum absolute atomic E-state index is 13.6. The van der Waals surface area contributed by atoms with Gasteiger partial charge in [0.15, 0.2) is 6.04 Å². The van der Waals surface area contributed by atoms with E-state index in [9.17, 15) is 24.3 Å². The number of nitrogens with two attached hydrogens (primary N) is 1. The molecule has 214 valence electrons. The van der Waals surface area contributed by atoms with Crippen LogP contribution >= 0.6 is 11.8 Å². The summed E-state index contributed by atoms with van der Waals surface area (Å²) >= 11 is 1.23. The molecule has 2 aromatic carbocycles. The topological polar surface area (TPSA) is 149 Å². The Bertz CT molecular complexity index is 1280. The van der Waals surface area contributed by atoms with Crippen LogP contribution < -0.4 is 15.4 Å². The van der Waals surface area contributed by atoms with Gasteiger partial charge in [-0.1, -0.05) is 24.3 Å². The quantitative estimate of drug-likeness (QED) is 0.354. The number of amides is 2. The van der Waals surface area contributed by atoms with Crippen LogP contribution in [0.3, 0.4) is 0 Å². The number of ether oxygens (including phenoxy) is 3. The lowest BCUT2D eigenvalue weighted by Crippen LogP contribution is -2.77. The molecule has 0 aromatic heterocycles. The average molecular weight is 572 g/mol. The Labute approximate surface area is 236 Å². The van der Waals surface area contributed by atoms with Crippen molar-refractivity contribution >= 4 is 41.2 Å². The average Bonchev–Trinajstić information content (AvgIpc) is 2.93. The molecule has 2 aliphatic heterocycles. The summed E-state index contributed by atoms with van der Waals surface area (Å²) in [4.78, 5) is 55.2. The fourth-order valence-electron chi connectivity index (χ4n) is 4.61. The number of benzene rings is 2. The van der Waals surface area contributed by atoms with Gasteiger partial charge in [-0.15, -0.1) is 11.8 Å². The van der Waals surface area contributed by atoms with E-state index < -0.39 is 59.5 Å². The van der Waals surface area contributed by atoms with Crippen molar-refractivity contribution in [1.82, 2.24) is 4.90 Å². The van der Waals surface area contributed by atoms with Crippen molar-refractivity contribution in [1.29, 1.82) is 0 Å². The monoisotopic (exact) mass is 571 g/mol. The van der Waals surface area contributed by atoms with Gasteiger partial charge in [0.25, 0.3) is 5.91 Å². The molecule has 40 heavy (non-hydrogen) atoms. The minimum absolute atomic E-state index is 0.0592. The summed E-state index contributed by atoms with van der Waals surface area (Å²) in [5.41, 5.74) is 5.91. The number of aliphatic hydroxyl groups is 1. The van der Waals surface area contributed by atoms with Crippen LogP contribution in [0.4, 0.5) is 5.69 Å². The summed E-state index contributed by atoms with van der Waals surface area (Å²) in [5.74, 6) is -1.78. The predicted molar refractivity (Wildman–Crippen MR) is 148 cm³/mol. The SMILES string of the molecule is COc1ccc(COC(=O)C2C(O)CS[C@H]3[C@H](N(C(=O)CN)c4ccccc4C(=O)OC(C)(C)C)C(=O)N23)cc1. The molecule has 2 aromatic rings. The number of carbonyl (C=O) groups is 4. The van der Waals surface area contributed by atoms with E-state index in [1.54, 1.807) is 70.3 Å². The maximum Gasteiger partial charge on any atom is 0.340 e. The summed E-state index contributed by atoms with van der Waals surface area (Å²) in [6, 6.07) is 11.0. The van der Waals surface area contributed by atoms with Gasteiger partial charge in [0.1, 0.15) is 29.4 Å². The van der Waals surface area contributed by atoms with Crippen LogP contribution in [0.2, 0.25) is 0 Å². The molecule has 0 saturated carbocycles. The molecule has 2 fully saturated rings. The second-order valence-electron chi connectivity index (χ2n) is 10.4. The first-order chi connectivity index (χ1) is 19.0. The van der Waals surface area contributed by atoms with Crippen LogP contribution in [-0.2, 0) is 30.5 Å². The third-order valence-electron chi connectivity index (χ3n) is 6.44. The molecular formula is C28H33N3O8S. The van der Waals surface area contributed by atoms with Crippen molar-refractivity contribution in [3.63, 3.8) is 0 Å². The molecule has 4 atom stereocenters. The lowest BCUT2D eigenvalue weighted by Gasteiger charge is -2.56. The van der Waals surface area contributed by atoms with Gasteiger partial charge in [-0.25, -0.2) is 9.59 Å². The number of fused-ring (bicyclic) bond motifs is 1. The van der Waals surface area contributed by atoms with E-state index >= 15 is 0 Å². The third kappa shape index (κ3) is 5.93. The van der Waals surface area contributed by atoms with Gasteiger partial charge < -0.3 is 30.0 Å². The van der Waals surface area contributed by atoms with Gasteiger partial charge in [-0.3, -0.25) is 14.5 Å². The fraction of sp³-hybridized carbons (Fsp3) is 0.429. The Morgan fingerprint density at radius 3 is 2.42 bits per heavy atom. The summed E-state index contributed by atoms with van der Waals surface area (Å²) in [7, 11) is 1.55. The van der Waals surface area contributed by atoms with Gasteiger partial charge in [0.2, 0.25) is 5.91 Å². The van der Waals surface area contributed by atoms with Crippen molar-refractivity contribution in [3.8, 4) is 5.75 Å². The highest BCUT2D eigenvalue weighted by Gasteiger charge is 2.60. The number of carbonyl (C=O) groups excluding carboxylic acids is 4. The lowest BCUT2D eigenvalue weighted by atomic mass is 9.96. The molecule has 0 aliphatic carbocycles. The summed E-state index contributed by atoms with van der Waals surface area (Å²) < 4.78 is 16.1. The molecule has 0 bridgehead atoms. The molecule has 2 heterocycles. The zero-order valence-electron chi connectivity index (χ0n) is 22.7. The van der Waals surface area contributed by atoms with Gasteiger partial charge in [0, 0.05) is 5.75 Å². The predicted octanol–water partition coefficient (Wildman–Crippen LogP) is 1.70. The van der Waals surface area contributed by atoms with E-state index in [1.807, 2.05) is 0 Å². The van der Waals surface area contributed by atoms with Crippen LogP contribution in [0.5, 0.6) is 5.75 Å². The second kappa shape index (κ2) is 11.9. The van der Waals surface area contributed by atoms with Crippen molar-refractivity contribution in [3.05, 3.63) is 59.7 Å². The molecule has 4 rings (SSSR count). The highest BCUT2D eigenvalue weighted by molar-refractivity contribution is 8.00. The van der Waals surface area contributed by atoms with E-state index in [0.29, 0.717) is 11.3 Å². The zero-order valence-corrected chi connectivity index (χ0v) is 23.6. The molecule has 0 spiro atoms. The van der Waals surface area contributed by atoms with Crippen molar-refractivity contribution in [2.75, 3.05) is 24.3 Å². The van der Waals surface area contributed by atoms with Crippen molar-refractivity contribution < 1.29 is 38.5 Å². The molecule has 2 unspecified atom stereocenters. The highest BCUT2D eigenvalue weighted by Crippen LogP contribution is 2.43. The molecule has 11 nitrogen and oxygen atoms in total. The van der Waals surface area contributed by atoms with E-state index in [4.69, 9.17) is 19.9 Å². The molecule has 3 N–H and O–H groups in total. The molecule has 2 amide bonds. The molecule has 0 radical (unpaired) electrons. The summed E-state index contributed by atoms with van der Waals surface area (Å²) in [6.07, 6.45) is -1.16. The van der Waals surface area contributed by atoms with Crippen LogP contribution in [0.15, 0.2) is 48.5 Å². The first-order valence-corrected chi connectivity index (χ1v) is 13.8. The summed E-state index contributed by atoms with van der Waals surface area (Å²) in [5, 5.41) is 10.0. The third-order valence-corrected chi connectivity index (χ3v) is 7.80. The number of aliphatic hydroxyl groups excluding tert-OH is 1. The van der Waals surface area contributed by atoms with E-state index in [2.05, 4.69) is 0 Å². The number of thioether (sulfide) groups is 1. The minimum atomic E-state index is -1.25. The number of esters is 2. The van der Waals surface area contributed by atoms with Crippen molar-refractivity contribution in [2.24, 2.45) is 5.73 Å². The van der Waals surface area contributed by atoms with E-state index in [-0.39, 0.29) is 23.6 Å². The molecule has 12 heteroatoms. The zero-order chi connectivity index (χ0) is 29.2. The Morgan fingerprint density at radius 1 is 1.12 bits per heavy atom. The van der Waals surface area contributed by atoms with Crippen LogP contribution in [0, 0.1) is 0 Å². The van der Waals surface area contributed by atoms with Gasteiger partial charge in [-0.2, -0.15) is 0 Å². The largest absolute Gasteiger partial charge is 0.497 e. The normalized spacial score (nSPS) is 22.1. The van der Waals surface area contributed by atoms with Gasteiger partial charge in [-0.05, 0) is 50.6 Å². The lowest BCUT2D eigenvalue weighted by molar-refractivity contribution is -0.170. The number of nitrogens with zero attached hydrogens (tertiary/aromatic N) is 2. The maximum atomic E-state index is 13.6. The first kappa shape index (κ1) is 29.4. The fourth-order valence-corrected chi connectivity index (χ4v) is 6.00. The first-order valence-electron chi connectivity index (χ1n) is 12.7. The number of rotatable bonds is 8. The standard InChI is InChI=1S/C28H33N3O8S/c1-28(2,3)39-26(35)18-7-5-6-8-19(18)30(21(33)13-29)23-24(34)31-22(20(32)15-40-25(23)31)27(36)38-14-16-9-11-17(37-4)12-10-16/h5-12,20,22-23,25,32H,13-15,29H2,1-4H3/t20?,22?,23-,25+/m1/s1. The van der Waals surface area contributed by atoms with Gasteiger partial charge in [0.05, 0.1) is 31.0 Å². The Hall–Kier alpha value is -3.61. The molecular weight excluding hydrogens is 538 g/mol. The van der Waals surface area contributed by atoms with Crippen LogP contribution in [0.1, 0.15) is 36.7 Å². The van der Waals surface area contributed by atoms with Gasteiger partial charge >= 0.3 is 11.9 Å². The Morgan fingerprint density at radius 2 is 1.80 bits per heavy atom. The number of hydrogen-bond donors (Lipinski definition) is 2. The second-order valence-corrected chi connectivity index (χ2v) is 11.5. The Kier molecular flexibility index (Phi) is 8.71. The number of anilines is 1. The number of methoxy groups -OCH3 is 1. The highest BCUT2D eigenvalue weighted by atomic mass is 32.2. The number of β-lactam (4-membered cyclic amide) rings is 1. The van der Waals surface area contributed by atoms with E-state index in [0.717, 1.165) is 0 Å². The number of hydrogen-bond acceptors (Lipinski definition) is 10. The Balaban J connectivity index is 1.57. The van der Waals surface area contributed by atoms with E-state index in [1.165, 1.54) is 27.6 Å².